The molecule has 0 unspecified atom stereocenters. The number of methoxy groups -OCH3 is 1. The summed E-state index contributed by atoms with van der Waals surface area (Å²) in [6.45, 7) is 3.16. The molecule has 0 radical (unpaired) electrons. The second-order valence-electron chi connectivity index (χ2n) is 8.65. The normalized spacial score (nSPS) is 18.7. The van der Waals surface area contributed by atoms with Gasteiger partial charge in [0.25, 0.3) is 16.5 Å². The maximum Gasteiger partial charge on any atom is 0.290 e. The van der Waals surface area contributed by atoms with Crippen molar-refractivity contribution in [2.24, 2.45) is 0 Å². The van der Waals surface area contributed by atoms with Gasteiger partial charge in [-0.2, -0.15) is 0 Å². The van der Waals surface area contributed by atoms with Gasteiger partial charge >= 0.3 is 0 Å². The zero-order chi connectivity index (χ0) is 25.0. The number of nitrogens with zero attached hydrogens (tertiary/aromatic N) is 4. The highest BCUT2D eigenvalue weighted by Crippen LogP contribution is 2.33. The Kier molecular flexibility index (Phi) is 7.54. The fraction of sp³-hybridized carbons (Fsp3) is 0.360. The number of pyridine rings is 1. The third kappa shape index (κ3) is 5.09. The summed E-state index contributed by atoms with van der Waals surface area (Å²) in [6.07, 6.45) is 7.63. The number of anilines is 1. The average Bonchev–Trinajstić information content (AvgIpc) is 3.51. The van der Waals surface area contributed by atoms with Crippen molar-refractivity contribution in [3.05, 3.63) is 60.4 Å². The molecule has 0 bridgehead atoms. The summed E-state index contributed by atoms with van der Waals surface area (Å²) in [7, 11) is 0.0204. The molecule has 0 spiro atoms. The van der Waals surface area contributed by atoms with Crippen molar-refractivity contribution in [2.45, 2.75) is 23.8 Å². The highest BCUT2D eigenvalue weighted by molar-refractivity contribution is 7.90. The molecule has 2 aliphatic heterocycles. The topological polar surface area (TPSA) is 105 Å². The van der Waals surface area contributed by atoms with Crippen LogP contribution >= 0.6 is 0 Å². The molecule has 3 aromatic rings. The first-order valence-electron chi connectivity index (χ1n) is 11.4. The Morgan fingerprint density at radius 3 is 2.69 bits per heavy atom. The molecule has 35 heavy (non-hydrogen) atoms. The minimum atomic E-state index is -3.78. The summed E-state index contributed by atoms with van der Waals surface area (Å²) in [5.41, 5.74) is 4.28. The van der Waals surface area contributed by atoms with Crippen molar-refractivity contribution in [3.63, 3.8) is 0 Å². The summed E-state index contributed by atoms with van der Waals surface area (Å²) >= 11 is 0. The molecule has 2 aliphatic rings. The van der Waals surface area contributed by atoms with Gasteiger partial charge in [-0.25, -0.2) is 12.4 Å². The molecule has 1 atom stereocenters. The first kappa shape index (κ1) is 24.9. The number of hydrogen-bond acceptors (Lipinski definition) is 7. The quantitative estimate of drug-likeness (QED) is 0.536. The first-order valence-corrected chi connectivity index (χ1v) is 12.9. The van der Waals surface area contributed by atoms with Gasteiger partial charge in [0.2, 0.25) is 0 Å². The Balaban J connectivity index is 0.000000917. The van der Waals surface area contributed by atoms with E-state index in [-0.39, 0.29) is 17.5 Å². The summed E-state index contributed by atoms with van der Waals surface area (Å²) in [5.74, 6) is 0. The van der Waals surface area contributed by atoms with Crippen molar-refractivity contribution in [3.8, 4) is 0 Å². The van der Waals surface area contributed by atoms with Gasteiger partial charge in [-0.3, -0.25) is 9.78 Å². The molecule has 1 fully saturated rings. The van der Waals surface area contributed by atoms with Gasteiger partial charge in [-0.1, -0.05) is 12.1 Å². The third-order valence-corrected chi connectivity index (χ3v) is 8.17. The number of carbonyl (C=O) groups is 1. The van der Waals surface area contributed by atoms with E-state index in [1.165, 1.54) is 3.97 Å². The number of aromatic nitrogens is 2. The Morgan fingerprint density at radius 1 is 1.20 bits per heavy atom. The van der Waals surface area contributed by atoms with Crippen molar-refractivity contribution in [1.29, 1.82) is 0 Å². The standard InChI is InChI=1S/C24H28N4O3S.CH2O2/c1-26-12-8-18(9-13-26)22-17-28(23-7-4-11-25-24(22)23)32(29,30)21-6-3-5-19(15-21)27-14-10-20(16-27)31-2;2-1-3/h3-8,11,15,17,20H,9-10,12-14,16H2,1-2H3;1H,(H,2,3)/t20-;/m0./s1. The van der Waals surface area contributed by atoms with Crippen LogP contribution in [0.5, 0.6) is 0 Å². The highest BCUT2D eigenvalue weighted by atomic mass is 32.2. The molecule has 2 aromatic heterocycles. The maximum absolute atomic E-state index is 13.7. The predicted octanol–water partition coefficient (Wildman–Crippen LogP) is 2.92. The van der Waals surface area contributed by atoms with Gasteiger partial charge in [0, 0.05) is 56.9 Å². The summed E-state index contributed by atoms with van der Waals surface area (Å²) in [6, 6.07) is 10.8. The minimum Gasteiger partial charge on any atom is -0.483 e. The zero-order valence-electron chi connectivity index (χ0n) is 19.9. The number of rotatable bonds is 5. The van der Waals surface area contributed by atoms with Crippen LogP contribution in [0.2, 0.25) is 0 Å². The van der Waals surface area contributed by atoms with Crippen molar-refractivity contribution < 1.29 is 23.1 Å². The second kappa shape index (κ2) is 10.6. The Bertz CT molecular complexity index is 1330. The van der Waals surface area contributed by atoms with E-state index in [0.29, 0.717) is 5.52 Å². The first-order chi connectivity index (χ1) is 16.9. The molecule has 5 rings (SSSR count). The molecule has 0 saturated carbocycles. The second-order valence-corrected chi connectivity index (χ2v) is 10.5. The van der Waals surface area contributed by atoms with Crippen molar-refractivity contribution >= 4 is 38.8 Å². The van der Waals surface area contributed by atoms with Crippen LogP contribution in [-0.2, 0) is 19.6 Å². The number of benzene rings is 1. The number of fused-ring (bicyclic) bond motifs is 1. The molecular formula is C25H30N4O5S. The molecule has 4 heterocycles. The number of likely N-dealkylation sites (N-methyl/N-ethyl adjacent to an activating group) is 1. The number of ether oxygens (including phenoxy) is 1. The minimum absolute atomic E-state index is 0.181. The highest BCUT2D eigenvalue weighted by Gasteiger charge is 2.26. The lowest BCUT2D eigenvalue weighted by Crippen LogP contribution is -2.23. The van der Waals surface area contributed by atoms with E-state index in [1.54, 1.807) is 37.7 Å². The predicted molar refractivity (Wildman–Crippen MR) is 135 cm³/mol. The van der Waals surface area contributed by atoms with Crippen molar-refractivity contribution in [1.82, 2.24) is 13.9 Å². The molecule has 1 N–H and O–H groups in total. The van der Waals surface area contributed by atoms with Crippen LogP contribution in [-0.4, -0.2) is 80.3 Å². The molecule has 0 aliphatic carbocycles. The van der Waals surface area contributed by atoms with Crippen LogP contribution in [0.1, 0.15) is 18.4 Å². The van der Waals surface area contributed by atoms with E-state index >= 15 is 0 Å². The van der Waals surface area contributed by atoms with E-state index in [2.05, 4.69) is 27.9 Å². The fourth-order valence-electron chi connectivity index (χ4n) is 4.59. The van der Waals surface area contributed by atoms with Gasteiger partial charge < -0.3 is 19.6 Å². The zero-order valence-corrected chi connectivity index (χ0v) is 20.7. The molecular weight excluding hydrogens is 468 g/mol. The molecule has 1 aromatic carbocycles. The SMILES string of the molecule is CO[C@H]1CCN(c2cccc(S(=O)(=O)n3cc(C4=CCN(C)CC4)c4ncccc43)c2)C1.O=CO. The molecule has 0 amide bonds. The molecule has 9 nitrogen and oxygen atoms in total. The van der Waals surface area contributed by atoms with E-state index in [1.807, 2.05) is 18.2 Å². The van der Waals surface area contributed by atoms with Gasteiger partial charge in [0.1, 0.15) is 0 Å². The monoisotopic (exact) mass is 498 g/mol. The Labute approximate surface area is 205 Å². The lowest BCUT2D eigenvalue weighted by atomic mass is 10.0. The van der Waals surface area contributed by atoms with Gasteiger partial charge in [-0.05, 0) is 55.8 Å². The fourth-order valence-corrected chi connectivity index (χ4v) is 5.99. The van der Waals surface area contributed by atoms with E-state index in [9.17, 15) is 8.42 Å². The largest absolute Gasteiger partial charge is 0.483 e. The third-order valence-electron chi connectivity index (χ3n) is 6.50. The average molecular weight is 499 g/mol. The summed E-state index contributed by atoms with van der Waals surface area (Å²) in [4.78, 5) is 17.6. The van der Waals surface area contributed by atoms with E-state index in [0.717, 1.165) is 61.4 Å². The Hall–Kier alpha value is -3.21. The van der Waals surface area contributed by atoms with Crippen LogP contribution in [0.25, 0.3) is 16.6 Å². The lowest BCUT2D eigenvalue weighted by Gasteiger charge is -2.21. The van der Waals surface area contributed by atoms with Crippen LogP contribution in [0, 0.1) is 0 Å². The molecule has 1 saturated heterocycles. The van der Waals surface area contributed by atoms with Crippen LogP contribution in [0.3, 0.4) is 0 Å². The number of carboxylic acid groups (broad SMARTS) is 1. The Morgan fingerprint density at radius 2 is 2.00 bits per heavy atom. The van der Waals surface area contributed by atoms with Crippen LogP contribution in [0.4, 0.5) is 5.69 Å². The van der Waals surface area contributed by atoms with Gasteiger partial charge in [0.15, 0.2) is 0 Å². The smallest absolute Gasteiger partial charge is 0.290 e. The van der Waals surface area contributed by atoms with E-state index in [4.69, 9.17) is 14.6 Å². The van der Waals surface area contributed by atoms with E-state index < -0.39 is 10.0 Å². The van der Waals surface area contributed by atoms with Crippen LogP contribution < -0.4 is 4.90 Å². The summed E-state index contributed by atoms with van der Waals surface area (Å²) in [5, 5.41) is 6.89. The maximum atomic E-state index is 13.7. The molecule has 10 heteroatoms. The van der Waals surface area contributed by atoms with Gasteiger partial charge in [0.05, 0.1) is 22.0 Å². The summed E-state index contributed by atoms with van der Waals surface area (Å²) < 4.78 is 34.4. The van der Waals surface area contributed by atoms with Crippen LogP contribution in [0.15, 0.2) is 59.8 Å². The number of hydrogen-bond donors (Lipinski definition) is 1. The molecule has 186 valence electrons. The van der Waals surface area contributed by atoms with Gasteiger partial charge in [-0.15, -0.1) is 0 Å². The van der Waals surface area contributed by atoms with Crippen molar-refractivity contribution in [2.75, 3.05) is 45.2 Å². The lowest BCUT2D eigenvalue weighted by molar-refractivity contribution is -0.122.